The van der Waals surface area contributed by atoms with Gasteiger partial charge in [-0.15, -0.1) is 23.5 Å². The van der Waals surface area contributed by atoms with Crippen LogP contribution in [0.5, 0.6) is 0 Å². The van der Waals surface area contributed by atoms with Crippen molar-refractivity contribution in [2.45, 2.75) is 5.03 Å². The zero-order valence-corrected chi connectivity index (χ0v) is 13.6. The molecule has 1 N–H and O–H groups in total. The van der Waals surface area contributed by atoms with E-state index in [0.717, 1.165) is 27.0 Å². The molecule has 0 aliphatic carbocycles. The molecular weight excluding hydrogens is 296 g/mol. The van der Waals surface area contributed by atoms with Crippen LogP contribution in [0, 0.1) is 0 Å². The lowest BCUT2D eigenvalue weighted by Crippen LogP contribution is -1.92. The Balaban J connectivity index is 2.15. The molecule has 4 heteroatoms. The van der Waals surface area contributed by atoms with Gasteiger partial charge in [0, 0.05) is 11.3 Å². The van der Waals surface area contributed by atoms with E-state index in [0.29, 0.717) is 0 Å². The number of rotatable bonds is 3. The molecule has 0 saturated heterocycles. The van der Waals surface area contributed by atoms with E-state index in [9.17, 15) is 0 Å². The maximum Gasteiger partial charge on any atom is 0.0965 e. The summed E-state index contributed by atoms with van der Waals surface area (Å²) in [4.78, 5) is 8.18. The summed E-state index contributed by atoms with van der Waals surface area (Å²) in [6, 6.07) is 14.7. The normalized spacial score (nSPS) is 16.2. The van der Waals surface area contributed by atoms with Crippen molar-refractivity contribution >= 4 is 34.1 Å². The summed E-state index contributed by atoms with van der Waals surface area (Å²) in [5, 5.41) is 2.21. The van der Waals surface area contributed by atoms with E-state index >= 15 is 0 Å². The third-order valence-corrected chi connectivity index (χ3v) is 4.61. The number of nitrogens with one attached hydrogen (secondary N) is 1. The van der Waals surface area contributed by atoms with Gasteiger partial charge in [-0.1, -0.05) is 30.3 Å². The van der Waals surface area contributed by atoms with Crippen LogP contribution in [0.3, 0.4) is 0 Å². The second kappa shape index (κ2) is 6.41. The maximum absolute atomic E-state index is 4.72. The van der Waals surface area contributed by atoms with E-state index < -0.39 is 0 Å². The number of hydrogen-bond donors (Lipinski definition) is 1. The molecule has 0 amide bonds. The number of thioether (sulfide) groups is 2. The number of aromatic amines is 1. The Morgan fingerprint density at radius 3 is 2.38 bits per heavy atom. The number of allylic oxidation sites excluding steroid dienone is 1. The summed E-state index contributed by atoms with van der Waals surface area (Å²) >= 11 is 3.38. The molecule has 2 heterocycles. The summed E-state index contributed by atoms with van der Waals surface area (Å²) in [7, 11) is 0. The second-order valence-corrected chi connectivity index (χ2v) is 6.23. The lowest BCUT2D eigenvalue weighted by Gasteiger charge is -2.08. The minimum atomic E-state index is 1.01. The molecule has 0 unspecified atom stereocenters. The summed E-state index contributed by atoms with van der Waals surface area (Å²) < 4.78 is 0. The molecule has 21 heavy (non-hydrogen) atoms. The molecule has 1 aromatic carbocycles. The predicted octanol–water partition coefficient (Wildman–Crippen LogP) is 4.83. The van der Waals surface area contributed by atoms with Crippen LogP contribution in [0.4, 0.5) is 0 Å². The van der Waals surface area contributed by atoms with Gasteiger partial charge in [-0.05, 0) is 42.4 Å². The van der Waals surface area contributed by atoms with Crippen LogP contribution >= 0.6 is 23.5 Å². The van der Waals surface area contributed by atoms with Gasteiger partial charge >= 0.3 is 0 Å². The molecule has 3 rings (SSSR count). The Bertz CT molecular complexity index is 724. The molecule has 2 nitrogen and oxygen atoms in total. The van der Waals surface area contributed by atoms with Gasteiger partial charge in [0.1, 0.15) is 0 Å². The first-order valence-corrected chi connectivity index (χ1v) is 9.10. The van der Waals surface area contributed by atoms with E-state index in [-0.39, 0.29) is 0 Å². The molecule has 1 aliphatic heterocycles. The zero-order chi connectivity index (χ0) is 14.7. The first-order valence-electron chi connectivity index (χ1n) is 6.65. The van der Waals surface area contributed by atoms with Crippen molar-refractivity contribution in [2.75, 3.05) is 12.5 Å². The number of benzene rings is 1. The van der Waals surface area contributed by atoms with Gasteiger partial charge in [0.05, 0.1) is 15.8 Å². The van der Waals surface area contributed by atoms with Crippen molar-refractivity contribution in [1.82, 2.24) is 4.98 Å². The average molecular weight is 312 g/mol. The molecule has 106 valence electrons. The van der Waals surface area contributed by atoms with Crippen LogP contribution in [0.2, 0.25) is 0 Å². The molecule has 1 aromatic heterocycles. The van der Waals surface area contributed by atoms with E-state index in [1.165, 1.54) is 5.56 Å². The van der Waals surface area contributed by atoms with Crippen LogP contribution in [0.25, 0.3) is 5.57 Å². The van der Waals surface area contributed by atoms with E-state index in [1.54, 1.807) is 23.5 Å². The Morgan fingerprint density at radius 2 is 1.76 bits per heavy atom. The average Bonchev–Trinajstić information content (AvgIpc) is 3.18. The molecule has 0 fully saturated rings. The van der Waals surface area contributed by atoms with Gasteiger partial charge in [0.15, 0.2) is 0 Å². The molecule has 0 spiro atoms. The molecule has 0 bridgehead atoms. The summed E-state index contributed by atoms with van der Waals surface area (Å²) in [5.41, 5.74) is 4.45. The fourth-order valence-electron chi connectivity index (χ4n) is 2.28. The number of nitrogens with zero attached hydrogens (tertiary/aromatic N) is 1. The van der Waals surface area contributed by atoms with Gasteiger partial charge in [-0.2, -0.15) is 0 Å². The minimum Gasteiger partial charge on any atom is -0.350 e. The van der Waals surface area contributed by atoms with Crippen molar-refractivity contribution < 1.29 is 0 Å². The van der Waals surface area contributed by atoms with Crippen molar-refractivity contribution in [1.29, 1.82) is 0 Å². The van der Waals surface area contributed by atoms with Crippen molar-refractivity contribution in [3.05, 3.63) is 71.6 Å². The topological polar surface area (TPSA) is 28.1 Å². The van der Waals surface area contributed by atoms with Crippen LogP contribution in [-0.2, 0) is 0 Å². The smallest absolute Gasteiger partial charge is 0.0965 e. The summed E-state index contributed by atoms with van der Waals surface area (Å²) in [6.07, 6.45) is 8.29. The van der Waals surface area contributed by atoms with E-state index in [2.05, 4.69) is 66.0 Å². The Morgan fingerprint density at radius 1 is 0.952 bits per heavy atom. The minimum absolute atomic E-state index is 1.01. The first-order chi connectivity index (χ1) is 10.3. The number of hydrogen-bond acceptors (Lipinski definition) is 3. The van der Waals surface area contributed by atoms with Gasteiger partial charge in [0.2, 0.25) is 0 Å². The fourth-order valence-corrected chi connectivity index (χ4v) is 3.09. The van der Waals surface area contributed by atoms with Crippen molar-refractivity contribution in [3.8, 4) is 0 Å². The van der Waals surface area contributed by atoms with Crippen LogP contribution in [0.1, 0.15) is 11.3 Å². The van der Waals surface area contributed by atoms with Crippen molar-refractivity contribution in [2.24, 2.45) is 4.99 Å². The highest BCUT2D eigenvalue weighted by atomic mass is 32.2. The summed E-state index contributed by atoms with van der Waals surface area (Å²) in [5.74, 6) is 0. The zero-order valence-electron chi connectivity index (χ0n) is 12.0. The number of H-pyrrole nitrogens is 1. The number of aromatic nitrogens is 1. The lowest BCUT2D eigenvalue weighted by atomic mass is 10.0. The summed E-state index contributed by atoms with van der Waals surface area (Å²) in [6.45, 7) is 0. The molecule has 0 radical (unpaired) electrons. The van der Waals surface area contributed by atoms with Crippen LogP contribution in [-0.4, -0.2) is 22.5 Å². The third kappa shape index (κ3) is 3.01. The Labute approximate surface area is 133 Å². The van der Waals surface area contributed by atoms with Crippen molar-refractivity contribution in [3.63, 3.8) is 0 Å². The van der Waals surface area contributed by atoms with Crippen LogP contribution < -0.4 is 0 Å². The van der Waals surface area contributed by atoms with Gasteiger partial charge in [-0.3, -0.25) is 0 Å². The Kier molecular flexibility index (Phi) is 4.36. The predicted molar refractivity (Wildman–Crippen MR) is 95.1 cm³/mol. The molecular formula is C17H16N2S2. The monoisotopic (exact) mass is 312 g/mol. The Hall–Kier alpha value is -1.65. The molecule has 1 aliphatic rings. The van der Waals surface area contributed by atoms with E-state index in [1.807, 2.05) is 6.07 Å². The maximum atomic E-state index is 4.72. The lowest BCUT2D eigenvalue weighted by molar-refractivity contribution is 1.18. The third-order valence-electron chi connectivity index (χ3n) is 3.29. The van der Waals surface area contributed by atoms with Crippen LogP contribution in [0.15, 0.2) is 70.3 Å². The van der Waals surface area contributed by atoms with E-state index in [4.69, 9.17) is 4.99 Å². The highest BCUT2D eigenvalue weighted by Crippen LogP contribution is 2.31. The quantitative estimate of drug-likeness (QED) is 0.822. The SMILES string of the molecule is CSC1=NC(=C(c2ccccc2)c2ccc(SC)[nH]2)C=C1. The molecule has 0 atom stereocenters. The van der Waals surface area contributed by atoms with Gasteiger partial charge in [0.25, 0.3) is 0 Å². The molecule has 2 aromatic rings. The highest BCUT2D eigenvalue weighted by Gasteiger charge is 2.15. The fraction of sp³-hybridized carbons (Fsp3) is 0.118. The highest BCUT2D eigenvalue weighted by molar-refractivity contribution is 8.13. The molecule has 0 saturated carbocycles. The van der Waals surface area contributed by atoms with Gasteiger partial charge in [-0.25, -0.2) is 4.99 Å². The number of aliphatic imine (C=N–C) groups is 1. The largest absolute Gasteiger partial charge is 0.350 e. The first kappa shape index (κ1) is 14.3. The second-order valence-electron chi connectivity index (χ2n) is 4.55. The van der Waals surface area contributed by atoms with Gasteiger partial charge < -0.3 is 4.98 Å². The standard InChI is InChI=1S/C17H16N2S2/c1-20-15-10-8-13(18-15)17(12-6-4-3-5-7-12)14-9-11-16(19-14)21-2/h3-11,18H,1-2H3.